The Balaban J connectivity index is 2.53. The second-order valence-corrected chi connectivity index (χ2v) is 4.28. The van der Waals surface area contributed by atoms with E-state index in [1.165, 1.54) is 0 Å². The van der Waals surface area contributed by atoms with E-state index in [0.29, 0.717) is 5.52 Å². The predicted molar refractivity (Wildman–Crippen MR) is 73.9 cm³/mol. The molecule has 0 fully saturated rings. The first kappa shape index (κ1) is 15.0. The average Bonchev–Trinajstić information content (AvgIpc) is 2.51. The number of amides is 1. The quantitative estimate of drug-likeness (QED) is 0.661. The molecule has 1 N–H and O–H groups in total. The molecular weight excluding hydrogens is 300 g/mol. The van der Waals surface area contributed by atoms with E-state index >= 15 is 0 Å². The fourth-order valence-corrected chi connectivity index (χ4v) is 1.78. The van der Waals surface area contributed by atoms with Gasteiger partial charge in [0.15, 0.2) is 17.3 Å². The number of fused-ring (bicyclic) bond motifs is 1. The highest BCUT2D eigenvalue weighted by Crippen LogP contribution is 2.14. The Kier molecular flexibility index (Phi) is 4.54. The van der Waals surface area contributed by atoms with Gasteiger partial charge in [-0.1, -0.05) is 12.1 Å². The van der Waals surface area contributed by atoms with E-state index in [2.05, 4.69) is 15.0 Å². The zero-order valence-electron chi connectivity index (χ0n) is 11.0. The molecule has 2 aromatic rings. The van der Waals surface area contributed by atoms with Crippen molar-refractivity contribution in [2.24, 2.45) is 0 Å². The maximum Gasteiger partial charge on any atom is 0.360 e. The third-order valence-corrected chi connectivity index (χ3v) is 2.90. The van der Waals surface area contributed by atoms with Crippen LogP contribution in [0.2, 0.25) is 0 Å². The van der Waals surface area contributed by atoms with Crippen LogP contribution in [-0.2, 0) is 14.3 Å². The van der Waals surface area contributed by atoms with E-state index in [0.717, 1.165) is 7.11 Å². The molecule has 1 atom stereocenters. The van der Waals surface area contributed by atoms with Gasteiger partial charge in [0.05, 0.1) is 7.11 Å². The smallest absolute Gasteiger partial charge is 0.360 e. The molecule has 0 saturated heterocycles. The lowest BCUT2D eigenvalue weighted by Crippen LogP contribution is -2.38. The molecule has 0 spiro atoms. The summed E-state index contributed by atoms with van der Waals surface area (Å²) < 4.78 is 9.64. The molecule has 0 saturated carbocycles. The van der Waals surface area contributed by atoms with Gasteiger partial charge >= 0.3 is 11.6 Å². The summed E-state index contributed by atoms with van der Waals surface area (Å²) in [4.78, 5) is 39.1. The normalized spacial score (nSPS) is 11.9. The Morgan fingerprint density at radius 3 is 2.81 bits per heavy atom. The van der Waals surface area contributed by atoms with Crippen LogP contribution in [0.4, 0.5) is 0 Å². The second kappa shape index (κ2) is 6.36. The van der Waals surface area contributed by atoms with Gasteiger partial charge in [0, 0.05) is 0 Å². The van der Waals surface area contributed by atoms with Gasteiger partial charge in [-0.3, -0.25) is 4.79 Å². The zero-order valence-corrected chi connectivity index (χ0v) is 11.7. The van der Waals surface area contributed by atoms with Crippen LogP contribution in [0, 0.1) is 0 Å². The summed E-state index contributed by atoms with van der Waals surface area (Å²) in [5.74, 6) is -1.85. The second-order valence-electron chi connectivity index (χ2n) is 4.01. The minimum Gasteiger partial charge on any atom is -0.467 e. The number of para-hydroxylation sites is 2. The molecule has 1 aromatic carbocycles. The zero-order chi connectivity index (χ0) is 15.4. The number of halogens is 1. The topological polar surface area (TPSA) is 98.5 Å². The predicted octanol–water partition coefficient (Wildman–Crippen LogP) is 0.757. The van der Waals surface area contributed by atoms with E-state index in [-0.39, 0.29) is 17.2 Å². The summed E-state index contributed by atoms with van der Waals surface area (Å²) in [6, 6.07) is 5.18. The van der Waals surface area contributed by atoms with E-state index in [1.807, 2.05) is 0 Å². The van der Waals surface area contributed by atoms with Gasteiger partial charge in [0.1, 0.15) is 11.4 Å². The molecule has 1 heterocycles. The summed E-state index contributed by atoms with van der Waals surface area (Å²) in [6.45, 7) is 0. The molecule has 1 unspecified atom stereocenters. The van der Waals surface area contributed by atoms with Gasteiger partial charge < -0.3 is 14.5 Å². The lowest BCUT2D eigenvalue weighted by Gasteiger charge is -2.14. The van der Waals surface area contributed by atoms with Crippen molar-refractivity contribution in [3.05, 3.63) is 40.4 Å². The van der Waals surface area contributed by atoms with Crippen LogP contribution in [0.1, 0.15) is 11.7 Å². The van der Waals surface area contributed by atoms with Gasteiger partial charge in [0.25, 0.3) is 0 Å². The minimum atomic E-state index is -1.37. The van der Waals surface area contributed by atoms with Crippen molar-refractivity contribution in [2.45, 2.75) is 6.04 Å². The summed E-state index contributed by atoms with van der Waals surface area (Å²) in [7, 11) is 1.13. The Morgan fingerprint density at radius 2 is 2.14 bits per heavy atom. The molecule has 110 valence electrons. The number of alkyl halides is 1. The van der Waals surface area contributed by atoms with E-state index in [9.17, 15) is 14.4 Å². The summed E-state index contributed by atoms with van der Waals surface area (Å²) in [5, 5.41) is 2.27. The molecule has 21 heavy (non-hydrogen) atoms. The van der Waals surface area contributed by atoms with Crippen LogP contribution in [0.25, 0.3) is 11.1 Å². The van der Waals surface area contributed by atoms with Gasteiger partial charge in [-0.2, -0.15) is 0 Å². The standard InChI is InChI=1S/C13H11ClN2O5/c1-20-12(18)10(16-9(17)6-14)11-13(19)21-8-5-3-2-4-7(8)15-11/h2-5,10H,6H2,1H3,(H,16,17). The fourth-order valence-electron chi connectivity index (χ4n) is 1.70. The molecule has 0 aliphatic heterocycles. The lowest BCUT2D eigenvalue weighted by atomic mass is 10.2. The Labute approximate surface area is 123 Å². The molecule has 0 aliphatic carbocycles. The number of hydrogen-bond acceptors (Lipinski definition) is 6. The van der Waals surface area contributed by atoms with Crippen molar-refractivity contribution < 1.29 is 18.7 Å². The number of nitrogens with one attached hydrogen (secondary N) is 1. The number of nitrogens with zero attached hydrogens (tertiary/aromatic N) is 1. The van der Waals surface area contributed by atoms with Crippen LogP contribution < -0.4 is 10.9 Å². The Hall–Kier alpha value is -2.41. The third-order valence-electron chi connectivity index (χ3n) is 2.65. The first-order chi connectivity index (χ1) is 10.1. The maximum absolute atomic E-state index is 11.9. The van der Waals surface area contributed by atoms with Gasteiger partial charge in [-0.25, -0.2) is 14.6 Å². The van der Waals surface area contributed by atoms with Crippen molar-refractivity contribution in [2.75, 3.05) is 13.0 Å². The first-order valence-electron chi connectivity index (χ1n) is 5.89. The number of ether oxygens (including phenoxy) is 1. The Morgan fingerprint density at radius 1 is 1.43 bits per heavy atom. The van der Waals surface area contributed by atoms with Crippen molar-refractivity contribution in [1.82, 2.24) is 10.3 Å². The molecular formula is C13H11ClN2O5. The Bertz CT molecular complexity index is 743. The van der Waals surface area contributed by atoms with Gasteiger partial charge in [-0.05, 0) is 12.1 Å². The fraction of sp³-hybridized carbons (Fsp3) is 0.231. The van der Waals surface area contributed by atoms with E-state index in [1.54, 1.807) is 24.3 Å². The number of hydrogen-bond donors (Lipinski definition) is 1. The molecule has 7 nitrogen and oxygen atoms in total. The molecule has 0 aliphatic rings. The number of benzene rings is 1. The van der Waals surface area contributed by atoms with Gasteiger partial charge in [0.2, 0.25) is 5.91 Å². The molecule has 0 radical (unpaired) electrons. The highest BCUT2D eigenvalue weighted by molar-refractivity contribution is 6.27. The average molecular weight is 311 g/mol. The first-order valence-corrected chi connectivity index (χ1v) is 6.43. The van der Waals surface area contributed by atoms with Crippen molar-refractivity contribution in [3.63, 3.8) is 0 Å². The summed E-state index contributed by atoms with van der Waals surface area (Å²) in [5.41, 5.74) is -0.447. The highest BCUT2D eigenvalue weighted by atomic mass is 35.5. The number of rotatable bonds is 4. The monoisotopic (exact) mass is 310 g/mol. The largest absolute Gasteiger partial charge is 0.467 e. The molecule has 1 amide bonds. The maximum atomic E-state index is 11.9. The van der Waals surface area contributed by atoms with Crippen molar-refractivity contribution in [3.8, 4) is 0 Å². The van der Waals surface area contributed by atoms with Crippen LogP contribution in [0.3, 0.4) is 0 Å². The van der Waals surface area contributed by atoms with Crippen LogP contribution in [-0.4, -0.2) is 29.9 Å². The number of esters is 1. The number of carbonyl (C=O) groups is 2. The molecule has 2 rings (SSSR count). The molecule has 0 bridgehead atoms. The van der Waals surface area contributed by atoms with Crippen molar-refractivity contribution >= 4 is 34.6 Å². The third kappa shape index (κ3) is 3.19. The number of carbonyl (C=O) groups excluding carboxylic acids is 2. The highest BCUT2D eigenvalue weighted by Gasteiger charge is 2.28. The van der Waals surface area contributed by atoms with E-state index < -0.39 is 23.5 Å². The molecule has 8 heteroatoms. The van der Waals surface area contributed by atoms with Crippen LogP contribution in [0.15, 0.2) is 33.5 Å². The van der Waals surface area contributed by atoms with Crippen LogP contribution in [0.5, 0.6) is 0 Å². The van der Waals surface area contributed by atoms with Crippen LogP contribution >= 0.6 is 11.6 Å². The van der Waals surface area contributed by atoms with Gasteiger partial charge in [-0.15, -0.1) is 11.6 Å². The van der Waals surface area contributed by atoms with Crippen molar-refractivity contribution in [1.29, 1.82) is 0 Å². The lowest BCUT2D eigenvalue weighted by molar-refractivity contribution is -0.145. The minimum absolute atomic E-state index is 0.265. The number of aromatic nitrogens is 1. The molecule has 1 aromatic heterocycles. The van der Waals surface area contributed by atoms with E-state index in [4.69, 9.17) is 16.0 Å². The summed E-state index contributed by atoms with van der Waals surface area (Å²) in [6.07, 6.45) is 0. The SMILES string of the molecule is COC(=O)C(NC(=O)CCl)c1nc2ccccc2oc1=O. The summed E-state index contributed by atoms with van der Waals surface area (Å²) >= 11 is 5.38. The number of methoxy groups -OCH3 is 1.